The van der Waals surface area contributed by atoms with Crippen molar-refractivity contribution >= 4 is 5.91 Å². The molecule has 0 atom stereocenters. The molecule has 2 rings (SSSR count). The highest BCUT2D eigenvalue weighted by Gasteiger charge is 2.15. The zero-order valence-corrected chi connectivity index (χ0v) is 11.2. The van der Waals surface area contributed by atoms with E-state index < -0.39 is 0 Å². The second kappa shape index (κ2) is 7.26. The monoisotopic (exact) mass is 262 g/mol. The van der Waals surface area contributed by atoms with Crippen LogP contribution in [-0.2, 0) is 11.2 Å². The summed E-state index contributed by atoms with van der Waals surface area (Å²) < 4.78 is 5.31. The lowest BCUT2D eigenvalue weighted by atomic mass is 10.0. The van der Waals surface area contributed by atoms with Crippen molar-refractivity contribution in [1.29, 1.82) is 0 Å². The molecule has 4 nitrogen and oxygen atoms in total. The fraction of sp³-hybridized carbons (Fsp3) is 0.533. The molecular weight excluding hydrogens is 240 g/mol. The molecule has 0 aromatic heterocycles. The van der Waals surface area contributed by atoms with Gasteiger partial charge in [0, 0.05) is 25.3 Å². The summed E-state index contributed by atoms with van der Waals surface area (Å²) in [4.78, 5) is 12.1. The minimum atomic E-state index is 0.00497. The molecule has 1 saturated heterocycles. The van der Waals surface area contributed by atoms with Crippen molar-refractivity contribution in [3.8, 4) is 0 Å². The molecule has 19 heavy (non-hydrogen) atoms. The average Bonchev–Trinajstić information content (AvgIpc) is 2.46. The molecule has 0 saturated carbocycles. The Morgan fingerprint density at radius 3 is 2.89 bits per heavy atom. The normalized spacial score (nSPS) is 16.3. The fourth-order valence-electron chi connectivity index (χ4n) is 2.32. The highest BCUT2D eigenvalue weighted by Crippen LogP contribution is 2.13. The second-order valence-corrected chi connectivity index (χ2v) is 5.00. The lowest BCUT2D eigenvalue weighted by Gasteiger charge is -2.22. The van der Waals surface area contributed by atoms with E-state index in [9.17, 15) is 4.79 Å². The van der Waals surface area contributed by atoms with Gasteiger partial charge in [0.2, 0.25) is 0 Å². The topological polar surface area (TPSA) is 64.4 Å². The summed E-state index contributed by atoms with van der Waals surface area (Å²) in [6.07, 6.45) is 2.88. The van der Waals surface area contributed by atoms with Crippen molar-refractivity contribution in [2.75, 3.05) is 26.3 Å². The lowest BCUT2D eigenvalue weighted by Crippen LogP contribution is -2.32. The van der Waals surface area contributed by atoms with Crippen LogP contribution in [0.15, 0.2) is 24.3 Å². The van der Waals surface area contributed by atoms with Crippen molar-refractivity contribution in [2.45, 2.75) is 19.3 Å². The molecule has 0 unspecified atom stereocenters. The van der Waals surface area contributed by atoms with Gasteiger partial charge in [-0.05, 0) is 49.4 Å². The highest BCUT2D eigenvalue weighted by molar-refractivity contribution is 5.94. The summed E-state index contributed by atoms with van der Waals surface area (Å²) in [7, 11) is 0. The van der Waals surface area contributed by atoms with E-state index in [2.05, 4.69) is 5.32 Å². The molecule has 1 aliphatic rings. The fourth-order valence-corrected chi connectivity index (χ4v) is 2.32. The number of benzene rings is 1. The van der Waals surface area contributed by atoms with Gasteiger partial charge in [-0.15, -0.1) is 0 Å². The molecule has 4 heteroatoms. The second-order valence-electron chi connectivity index (χ2n) is 5.00. The van der Waals surface area contributed by atoms with Crippen LogP contribution in [0.2, 0.25) is 0 Å². The van der Waals surface area contributed by atoms with Crippen LogP contribution in [0.5, 0.6) is 0 Å². The van der Waals surface area contributed by atoms with Crippen molar-refractivity contribution in [3.63, 3.8) is 0 Å². The first kappa shape index (κ1) is 14.0. The minimum absolute atomic E-state index is 0.00497. The molecule has 104 valence electrons. The first-order chi connectivity index (χ1) is 9.29. The Hall–Kier alpha value is -1.39. The predicted octanol–water partition coefficient (Wildman–Crippen LogP) is 1.34. The molecule has 0 bridgehead atoms. The average molecular weight is 262 g/mol. The van der Waals surface area contributed by atoms with E-state index in [1.165, 1.54) is 0 Å². The smallest absolute Gasteiger partial charge is 0.251 e. The Labute approximate surface area is 114 Å². The number of carbonyl (C=O) groups is 1. The van der Waals surface area contributed by atoms with Crippen molar-refractivity contribution in [1.82, 2.24) is 5.32 Å². The Morgan fingerprint density at radius 2 is 2.16 bits per heavy atom. The SMILES string of the molecule is NCCc1cccc(C(=O)NCC2CCOCC2)c1. The molecule has 3 N–H and O–H groups in total. The van der Waals surface area contributed by atoms with Crippen LogP contribution in [0.25, 0.3) is 0 Å². The van der Waals surface area contributed by atoms with Crippen LogP contribution >= 0.6 is 0 Å². The molecule has 0 aliphatic carbocycles. The quantitative estimate of drug-likeness (QED) is 0.841. The lowest BCUT2D eigenvalue weighted by molar-refractivity contribution is 0.0642. The van der Waals surface area contributed by atoms with Crippen molar-refractivity contribution in [2.24, 2.45) is 11.7 Å². The maximum atomic E-state index is 12.1. The maximum Gasteiger partial charge on any atom is 0.251 e. The van der Waals surface area contributed by atoms with Gasteiger partial charge < -0.3 is 15.8 Å². The predicted molar refractivity (Wildman–Crippen MR) is 75.1 cm³/mol. The van der Waals surface area contributed by atoms with Gasteiger partial charge in [0.1, 0.15) is 0 Å². The minimum Gasteiger partial charge on any atom is -0.381 e. The Morgan fingerprint density at radius 1 is 1.37 bits per heavy atom. The van der Waals surface area contributed by atoms with Crippen LogP contribution in [0.3, 0.4) is 0 Å². The molecule has 1 amide bonds. The van der Waals surface area contributed by atoms with Crippen LogP contribution in [0.4, 0.5) is 0 Å². The van der Waals surface area contributed by atoms with Gasteiger partial charge in [0.15, 0.2) is 0 Å². The summed E-state index contributed by atoms with van der Waals surface area (Å²) in [5.41, 5.74) is 7.36. The standard InChI is InChI=1S/C15H22N2O2/c16-7-4-12-2-1-3-14(10-12)15(18)17-11-13-5-8-19-9-6-13/h1-3,10,13H,4-9,11,16H2,(H,17,18). The van der Waals surface area contributed by atoms with Crippen molar-refractivity contribution in [3.05, 3.63) is 35.4 Å². The number of nitrogens with one attached hydrogen (secondary N) is 1. The summed E-state index contributed by atoms with van der Waals surface area (Å²) in [5, 5.41) is 3.01. The number of carbonyl (C=O) groups excluding carboxylic acids is 1. The number of amides is 1. The molecule has 1 fully saturated rings. The van der Waals surface area contributed by atoms with E-state index in [4.69, 9.17) is 10.5 Å². The Balaban J connectivity index is 1.86. The Kier molecular flexibility index (Phi) is 5.36. The van der Waals surface area contributed by atoms with E-state index in [0.717, 1.165) is 50.1 Å². The van der Waals surface area contributed by atoms with Gasteiger partial charge in [-0.2, -0.15) is 0 Å². The molecule has 1 aliphatic heterocycles. The third-order valence-electron chi connectivity index (χ3n) is 3.51. The molecule has 1 aromatic rings. The van der Waals surface area contributed by atoms with E-state index in [-0.39, 0.29) is 5.91 Å². The molecule has 0 spiro atoms. The first-order valence-electron chi connectivity index (χ1n) is 6.94. The molecule has 1 heterocycles. The number of rotatable bonds is 5. The van der Waals surface area contributed by atoms with E-state index >= 15 is 0 Å². The summed E-state index contributed by atoms with van der Waals surface area (Å²) >= 11 is 0. The highest BCUT2D eigenvalue weighted by atomic mass is 16.5. The number of ether oxygens (including phenoxy) is 1. The van der Waals surface area contributed by atoms with Gasteiger partial charge in [-0.25, -0.2) is 0 Å². The number of hydrogen-bond donors (Lipinski definition) is 2. The summed E-state index contributed by atoms with van der Waals surface area (Å²) in [6, 6.07) is 7.68. The third kappa shape index (κ3) is 4.33. The first-order valence-corrected chi connectivity index (χ1v) is 6.94. The number of hydrogen-bond acceptors (Lipinski definition) is 3. The van der Waals surface area contributed by atoms with Crippen LogP contribution < -0.4 is 11.1 Å². The largest absolute Gasteiger partial charge is 0.381 e. The molecule has 0 radical (unpaired) electrons. The summed E-state index contributed by atoms with van der Waals surface area (Å²) in [5.74, 6) is 0.551. The van der Waals surface area contributed by atoms with Gasteiger partial charge in [0.25, 0.3) is 5.91 Å². The van der Waals surface area contributed by atoms with E-state index in [1.807, 2.05) is 24.3 Å². The van der Waals surface area contributed by atoms with Crippen LogP contribution in [0, 0.1) is 5.92 Å². The summed E-state index contributed by atoms with van der Waals surface area (Å²) in [6.45, 7) is 2.97. The van der Waals surface area contributed by atoms with E-state index in [1.54, 1.807) is 0 Å². The zero-order valence-electron chi connectivity index (χ0n) is 11.2. The van der Waals surface area contributed by atoms with Gasteiger partial charge in [0.05, 0.1) is 0 Å². The van der Waals surface area contributed by atoms with Gasteiger partial charge in [-0.1, -0.05) is 12.1 Å². The molecular formula is C15H22N2O2. The number of nitrogens with two attached hydrogens (primary N) is 1. The van der Waals surface area contributed by atoms with Crippen LogP contribution in [-0.4, -0.2) is 32.2 Å². The van der Waals surface area contributed by atoms with Gasteiger partial charge >= 0.3 is 0 Å². The van der Waals surface area contributed by atoms with Crippen molar-refractivity contribution < 1.29 is 9.53 Å². The Bertz CT molecular complexity index is 414. The zero-order chi connectivity index (χ0) is 13.5. The maximum absolute atomic E-state index is 12.1. The van der Waals surface area contributed by atoms with Gasteiger partial charge in [-0.3, -0.25) is 4.79 Å². The van der Waals surface area contributed by atoms with Crippen LogP contribution in [0.1, 0.15) is 28.8 Å². The molecule has 1 aromatic carbocycles. The third-order valence-corrected chi connectivity index (χ3v) is 3.51. The van der Waals surface area contributed by atoms with E-state index in [0.29, 0.717) is 12.5 Å².